The van der Waals surface area contributed by atoms with Crippen LogP contribution in [0.3, 0.4) is 0 Å². The van der Waals surface area contributed by atoms with Gasteiger partial charge in [-0.2, -0.15) is 4.98 Å². The van der Waals surface area contributed by atoms with Crippen LogP contribution in [0, 0.1) is 0 Å². The number of hydrogen-bond donors (Lipinski definition) is 3. The Balaban J connectivity index is 1.34. The molecule has 0 radical (unpaired) electrons. The lowest BCUT2D eigenvalue weighted by Crippen LogP contribution is -2.44. The monoisotopic (exact) mass is 465 g/mol. The van der Waals surface area contributed by atoms with Gasteiger partial charge in [0.1, 0.15) is 11.6 Å². The number of pyridine rings is 1. The average Bonchev–Trinajstić information content (AvgIpc) is 2.87. The minimum Gasteiger partial charge on any atom is -0.393 e. The summed E-state index contributed by atoms with van der Waals surface area (Å²) in [5, 5.41) is 17.1. The van der Waals surface area contributed by atoms with Crippen molar-refractivity contribution in [3.05, 3.63) is 30.1 Å². The molecule has 0 amide bonds. The third kappa shape index (κ3) is 5.78. The van der Waals surface area contributed by atoms with Crippen molar-refractivity contribution in [1.82, 2.24) is 19.9 Å². The standard InChI is InChI=1S/C26H39N7O/c1-32-13-15-33(16-14-32)24-17-21(11-12-27-24)30-26-28-18-23(19-5-3-2-4-6-19)25(31-26)29-20-7-9-22(34)10-8-20/h11-12,17-20,22,34H,2-10,13-16H2,1H3,(H2,27,28,29,30,31). The minimum atomic E-state index is -0.153. The molecular weight excluding hydrogens is 426 g/mol. The molecule has 1 saturated heterocycles. The van der Waals surface area contributed by atoms with Crippen molar-refractivity contribution in [2.75, 3.05) is 48.8 Å². The van der Waals surface area contributed by atoms with E-state index in [9.17, 15) is 5.11 Å². The number of likely N-dealkylation sites (N-methyl/N-ethyl adjacent to an activating group) is 1. The number of nitrogens with zero attached hydrogens (tertiary/aromatic N) is 5. The first kappa shape index (κ1) is 23.3. The van der Waals surface area contributed by atoms with E-state index in [1.54, 1.807) is 0 Å². The van der Waals surface area contributed by atoms with E-state index in [-0.39, 0.29) is 6.10 Å². The number of anilines is 4. The largest absolute Gasteiger partial charge is 0.393 e. The zero-order valence-electron chi connectivity index (χ0n) is 20.4. The highest BCUT2D eigenvalue weighted by Crippen LogP contribution is 2.37. The number of aliphatic hydroxyl groups excluding tert-OH is 1. The SMILES string of the molecule is CN1CCN(c2cc(Nc3ncc(C4CCCCC4)c(NC4CCC(O)CC4)n3)ccn2)CC1. The molecule has 2 aliphatic carbocycles. The van der Waals surface area contributed by atoms with Gasteiger partial charge in [0.2, 0.25) is 5.95 Å². The van der Waals surface area contributed by atoms with E-state index in [0.717, 1.165) is 69.2 Å². The molecule has 2 aromatic rings. The molecule has 34 heavy (non-hydrogen) atoms. The zero-order chi connectivity index (χ0) is 23.3. The molecule has 0 atom stereocenters. The van der Waals surface area contributed by atoms with Crippen LogP contribution in [0.15, 0.2) is 24.5 Å². The van der Waals surface area contributed by atoms with E-state index in [1.807, 2.05) is 18.5 Å². The maximum atomic E-state index is 9.91. The Morgan fingerprint density at radius 2 is 1.71 bits per heavy atom. The predicted octanol–water partition coefficient (Wildman–Crippen LogP) is 4.13. The second-order valence-electron chi connectivity index (χ2n) is 10.3. The first-order valence-corrected chi connectivity index (χ1v) is 13.1. The van der Waals surface area contributed by atoms with E-state index in [1.165, 1.54) is 37.7 Å². The van der Waals surface area contributed by atoms with Crippen molar-refractivity contribution in [2.45, 2.75) is 75.9 Å². The summed E-state index contributed by atoms with van der Waals surface area (Å²) in [7, 11) is 2.16. The number of piperazine rings is 1. The van der Waals surface area contributed by atoms with Crippen LogP contribution in [0.25, 0.3) is 0 Å². The first-order valence-electron chi connectivity index (χ1n) is 13.1. The highest BCUT2D eigenvalue weighted by Gasteiger charge is 2.24. The lowest BCUT2D eigenvalue weighted by molar-refractivity contribution is 0.126. The summed E-state index contributed by atoms with van der Waals surface area (Å²) in [5.74, 6) is 3.12. The highest BCUT2D eigenvalue weighted by atomic mass is 16.3. The Morgan fingerprint density at radius 3 is 2.47 bits per heavy atom. The summed E-state index contributed by atoms with van der Waals surface area (Å²) in [6.45, 7) is 4.09. The summed E-state index contributed by atoms with van der Waals surface area (Å²) in [6, 6.07) is 4.44. The Bertz CT molecular complexity index is 932. The Hall–Kier alpha value is -2.45. The quantitative estimate of drug-likeness (QED) is 0.587. The molecule has 8 nitrogen and oxygen atoms in total. The fourth-order valence-electron chi connectivity index (χ4n) is 5.53. The molecule has 3 N–H and O–H groups in total. The topological polar surface area (TPSA) is 89.4 Å². The van der Waals surface area contributed by atoms with Gasteiger partial charge in [0, 0.05) is 61.9 Å². The van der Waals surface area contributed by atoms with Gasteiger partial charge in [-0.25, -0.2) is 9.97 Å². The molecule has 0 spiro atoms. The van der Waals surface area contributed by atoms with Crippen LogP contribution in [0.2, 0.25) is 0 Å². The lowest BCUT2D eigenvalue weighted by atomic mass is 9.84. The van der Waals surface area contributed by atoms with Crippen molar-refractivity contribution in [3.8, 4) is 0 Å². The van der Waals surface area contributed by atoms with Gasteiger partial charge in [0.25, 0.3) is 0 Å². The third-order valence-corrected chi connectivity index (χ3v) is 7.73. The number of aromatic nitrogens is 3. The summed E-state index contributed by atoms with van der Waals surface area (Å²) in [4.78, 5) is 19.0. The molecule has 2 saturated carbocycles. The van der Waals surface area contributed by atoms with Gasteiger partial charge in [-0.1, -0.05) is 19.3 Å². The van der Waals surface area contributed by atoms with E-state index in [2.05, 4.69) is 38.5 Å². The second-order valence-corrected chi connectivity index (χ2v) is 10.3. The summed E-state index contributed by atoms with van der Waals surface area (Å²) >= 11 is 0. The molecule has 8 heteroatoms. The molecule has 2 aromatic heterocycles. The molecule has 0 aromatic carbocycles. The second kappa shape index (κ2) is 10.9. The van der Waals surface area contributed by atoms with Crippen molar-refractivity contribution in [3.63, 3.8) is 0 Å². The Morgan fingerprint density at radius 1 is 0.941 bits per heavy atom. The van der Waals surface area contributed by atoms with Gasteiger partial charge in [-0.3, -0.25) is 0 Å². The Labute approximate surface area is 203 Å². The van der Waals surface area contributed by atoms with Crippen LogP contribution in [0.1, 0.15) is 69.3 Å². The lowest BCUT2D eigenvalue weighted by Gasteiger charge is -2.33. The van der Waals surface area contributed by atoms with E-state index in [4.69, 9.17) is 9.97 Å². The molecule has 3 aliphatic rings. The van der Waals surface area contributed by atoms with E-state index < -0.39 is 0 Å². The van der Waals surface area contributed by atoms with Gasteiger partial charge in [0.15, 0.2) is 0 Å². The van der Waals surface area contributed by atoms with Crippen molar-refractivity contribution >= 4 is 23.3 Å². The maximum absolute atomic E-state index is 9.91. The summed E-state index contributed by atoms with van der Waals surface area (Å²) < 4.78 is 0. The molecule has 0 bridgehead atoms. The van der Waals surface area contributed by atoms with Crippen LogP contribution in [0.5, 0.6) is 0 Å². The van der Waals surface area contributed by atoms with Gasteiger partial charge in [-0.05, 0) is 57.6 Å². The van der Waals surface area contributed by atoms with Crippen LogP contribution < -0.4 is 15.5 Å². The zero-order valence-corrected chi connectivity index (χ0v) is 20.4. The summed E-state index contributed by atoms with van der Waals surface area (Å²) in [6.07, 6.45) is 13.8. The number of hydrogen-bond acceptors (Lipinski definition) is 8. The Kier molecular flexibility index (Phi) is 7.45. The molecule has 0 unspecified atom stereocenters. The summed E-state index contributed by atoms with van der Waals surface area (Å²) in [5.41, 5.74) is 2.21. The normalized spacial score (nSPS) is 24.7. The van der Waals surface area contributed by atoms with Crippen LogP contribution in [0.4, 0.5) is 23.3 Å². The average molecular weight is 466 g/mol. The smallest absolute Gasteiger partial charge is 0.229 e. The van der Waals surface area contributed by atoms with Gasteiger partial charge in [-0.15, -0.1) is 0 Å². The van der Waals surface area contributed by atoms with Crippen LogP contribution in [-0.2, 0) is 0 Å². The van der Waals surface area contributed by atoms with Gasteiger partial charge >= 0.3 is 0 Å². The third-order valence-electron chi connectivity index (χ3n) is 7.73. The number of nitrogens with one attached hydrogen (secondary N) is 2. The van der Waals surface area contributed by atoms with Crippen molar-refractivity contribution in [2.24, 2.45) is 0 Å². The molecule has 3 fully saturated rings. The molecular formula is C26H39N7O. The number of aliphatic hydroxyl groups is 1. The minimum absolute atomic E-state index is 0.153. The molecule has 1 aliphatic heterocycles. The molecule has 184 valence electrons. The number of rotatable bonds is 6. The molecule has 3 heterocycles. The first-order chi connectivity index (χ1) is 16.6. The maximum Gasteiger partial charge on any atom is 0.229 e. The van der Waals surface area contributed by atoms with E-state index in [0.29, 0.717) is 17.9 Å². The fraction of sp³-hybridized carbons (Fsp3) is 0.654. The van der Waals surface area contributed by atoms with Crippen molar-refractivity contribution < 1.29 is 5.11 Å². The van der Waals surface area contributed by atoms with Crippen LogP contribution in [-0.4, -0.2) is 70.3 Å². The van der Waals surface area contributed by atoms with E-state index >= 15 is 0 Å². The van der Waals surface area contributed by atoms with Crippen molar-refractivity contribution in [1.29, 1.82) is 0 Å². The van der Waals surface area contributed by atoms with Gasteiger partial charge < -0.3 is 25.5 Å². The fourth-order valence-corrected chi connectivity index (χ4v) is 5.53. The molecule has 5 rings (SSSR count). The highest BCUT2D eigenvalue weighted by molar-refractivity contribution is 5.60. The van der Waals surface area contributed by atoms with Gasteiger partial charge in [0.05, 0.1) is 6.10 Å². The predicted molar refractivity (Wildman–Crippen MR) is 137 cm³/mol. The van der Waals surface area contributed by atoms with Crippen LogP contribution >= 0.6 is 0 Å².